The van der Waals surface area contributed by atoms with E-state index in [1.807, 2.05) is 48.3 Å². The van der Waals surface area contributed by atoms with E-state index >= 15 is 0 Å². The summed E-state index contributed by atoms with van der Waals surface area (Å²) in [6.45, 7) is 0.531. The molecule has 3 aliphatic rings. The monoisotopic (exact) mass is 533 g/mol. The number of carbonyl (C=O) groups is 3. The predicted molar refractivity (Wildman–Crippen MR) is 144 cm³/mol. The number of likely N-dealkylation sites (N-methyl/N-ethyl adjacent to an activating group) is 1. The minimum absolute atomic E-state index is 0.110. The molecule has 1 amide bonds. The highest BCUT2D eigenvalue weighted by Gasteiger charge is 2.62. The maximum atomic E-state index is 13.3. The zero-order chi connectivity index (χ0) is 27.9. The Labute approximate surface area is 226 Å². The first-order valence-electron chi connectivity index (χ1n) is 12.6. The summed E-state index contributed by atoms with van der Waals surface area (Å²) < 4.78 is 20.8. The van der Waals surface area contributed by atoms with Crippen molar-refractivity contribution in [2.24, 2.45) is 4.99 Å². The highest BCUT2D eigenvalue weighted by Crippen LogP contribution is 2.56. The van der Waals surface area contributed by atoms with Gasteiger partial charge in [0.1, 0.15) is 11.6 Å². The lowest BCUT2D eigenvalue weighted by Gasteiger charge is -2.48. The van der Waals surface area contributed by atoms with Crippen molar-refractivity contribution in [3.05, 3.63) is 59.3 Å². The molecule has 204 valence electrons. The van der Waals surface area contributed by atoms with Crippen LogP contribution in [0.2, 0.25) is 0 Å². The Morgan fingerprint density at radius 2 is 1.69 bits per heavy atom. The Bertz CT molecular complexity index is 1400. The average molecular weight is 534 g/mol. The molecular weight excluding hydrogens is 502 g/mol. The second kappa shape index (κ2) is 10.2. The van der Waals surface area contributed by atoms with Crippen LogP contribution in [0, 0.1) is 0 Å². The zero-order valence-corrected chi connectivity index (χ0v) is 22.6. The second-order valence-corrected chi connectivity index (χ2v) is 9.66. The molecule has 10 nitrogen and oxygen atoms in total. The number of hydrogen-bond acceptors (Lipinski definition) is 9. The van der Waals surface area contributed by atoms with Crippen molar-refractivity contribution >= 4 is 29.4 Å². The van der Waals surface area contributed by atoms with E-state index in [9.17, 15) is 14.4 Å². The summed E-state index contributed by atoms with van der Waals surface area (Å²) in [6, 6.07) is 13.2. The number of ether oxygens (including phenoxy) is 4. The number of fused-ring (bicyclic) bond motifs is 1. The van der Waals surface area contributed by atoms with Crippen LogP contribution in [-0.4, -0.2) is 83.3 Å². The molecule has 0 saturated carbocycles. The van der Waals surface area contributed by atoms with Gasteiger partial charge in [-0.1, -0.05) is 18.2 Å². The van der Waals surface area contributed by atoms with Crippen LogP contribution in [0.3, 0.4) is 0 Å². The maximum absolute atomic E-state index is 13.3. The van der Waals surface area contributed by atoms with Gasteiger partial charge >= 0.3 is 11.9 Å². The third-order valence-corrected chi connectivity index (χ3v) is 7.87. The fourth-order valence-corrected chi connectivity index (χ4v) is 6.08. The first-order chi connectivity index (χ1) is 18.8. The van der Waals surface area contributed by atoms with E-state index in [1.165, 1.54) is 14.2 Å². The number of amidine groups is 1. The van der Waals surface area contributed by atoms with Crippen LogP contribution in [-0.2, 0) is 34.0 Å². The summed E-state index contributed by atoms with van der Waals surface area (Å²) in [5.74, 6) is -0.403. The summed E-state index contributed by atoms with van der Waals surface area (Å²) in [5, 5.41) is 0. The Morgan fingerprint density at radius 1 is 1.00 bits per heavy atom. The fourth-order valence-electron chi connectivity index (χ4n) is 6.08. The minimum Gasteiger partial charge on any atom is -0.497 e. The third-order valence-electron chi connectivity index (χ3n) is 7.87. The van der Waals surface area contributed by atoms with Crippen molar-refractivity contribution in [1.82, 2.24) is 4.90 Å². The van der Waals surface area contributed by atoms with Gasteiger partial charge in [0, 0.05) is 26.3 Å². The third kappa shape index (κ3) is 3.97. The van der Waals surface area contributed by atoms with Gasteiger partial charge < -0.3 is 23.8 Å². The summed E-state index contributed by atoms with van der Waals surface area (Å²) >= 11 is 0. The lowest BCUT2D eigenvalue weighted by molar-refractivity contribution is -0.140. The van der Waals surface area contributed by atoms with E-state index in [0.29, 0.717) is 12.3 Å². The molecule has 3 aliphatic heterocycles. The van der Waals surface area contributed by atoms with Gasteiger partial charge in [0.2, 0.25) is 5.91 Å². The van der Waals surface area contributed by atoms with Crippen LogP contribution in [0.5, 0.6) is 5.75 Å². The van der Waals surface area contributed by atoms with Gasteiger partial charge in [-0.3, -0.25) is 9.69 Å². The molecule has 1 spiro atoms. The lowest BCUT2D eigenvalue weighted by Crippen LogP contribution is -2.63. The summed E-state index contributed by atoms with van der Waals surface area (Å²) in [5.41, 5.74) is 2.79. The highest BCUT2D eigenvalue weighted by atomic mass is 16.5. The number of rotatable bonds is 7. The van der Waals surface area contributed by atoms with Gasteiger partial charge in [0.25, 0.3) is 0 Å². The molecule has 0 aliphatic carbocycles. The quantitative estimate of drug-likeness (QED) is 0.500. The van der Waals surface area contributed by atoms with Gasteiger partial charge in [0.15, 0.2) is 5.70 Å². The molecule has 2 aromatic carbocycles. The van der Waals surface area contributed by atoms with Crippen LogP contribution in [0.4, 0.5) is 5.69 Å². The number of hydrogen-bond donors (Lipinski definition) is 0. The molecule has 5 rings (SSSR count). The molecule has 10 heteroatoms. The number of carbonyl (C=O) groups excluding carboxylic acids is 3. The van der Waals surface area contributed by atoms with Crippen molar-refractivity contribution in [2.45, 2.75) is 24.3 Å². The standard InChI is InChI=1S/C29H31N3O7/c1-31-21-11-8-18(17-6-9-19(37-3)10-7-17)16-20(21)29-13-12-22(33)32(14-15-36-2)28(29)30-24(27(35)39-5)23(25(29)31)26(34)38-4/h6-11,16,25H,12-15H2,1-5H3/t25?,29-/m0/s1. The molecule has 39 heavy (non-hydrogen) atoms. The second-order valence-electron chi connectivity index (χ2n) is 9.66. The topological polar surface area (TPSA) is 107 Å². The molecule has 1 saturated heterocycles. The first kappa shape index (κ1) is 26.4. The summed E-state index contributed by atoms with van der Waals surface area (Å²) in [7, 11) is 7.56. The van der Waals surface area contributed by atoms with Crippen LogP contribution < -0.4 is 9.64 Å². The number of piperidine rings is 1. The first-order valence-corrected chi connectivity index (χ1v) is 12.6. The van der Waals surface area contributed by atoms with E-state index in [0.717, 1.165) is 28.1 Å². The zero-order valence-electron chi connectivity index (χ0n) is 22.6. The smallest absolute Gasteiger partial charge is 0.357 e. The minimum atomic E-state index is -0.894. The van der Waals surface area contributed by atoms with Crippen molar-refractivity contribution in [3.63, 3.8) is 0 Å². The van der Waals surface area contributed by atoms with Crippen LogP contribution >= 0.6 is 0 Å². The normalized spacial score (nSPS) is 21.6. The molecule has 0 bridgehead atoms. The molecule has 0 N–H and O–H groups in total. The van der Waals surface area contributed by atoms with Gasteiger partial charge in [-0.15, -0.1) is 0 Å². The number of nitrogens with zero attached hydrogens (tertiary/aromatic N) is 3. The van der Waals surface area contributed by atoms with E-state index < -0.39 is 23.4 Å². The number of anilines is 1. The van der Waals surface area contributed by atoms with E-state index in [2.05, 4.69) is 6.07 Å². The number of esters is 2. The Balaban J connectivity index is 1.78. The van der Waals surface area contributed by atoms with Gasteiger partial charge in [-0.2, -0.15) is 0 Å². The molecule has 1 fully saturated rings. The van der Waals surface area contributed by atoms with Crippen molar-refractivity contribution < 1.29 is 33.3 Å². The Kier molecular flexibility index (Phi) is 6.90. The van der Waals surface area contributed by atoms with Crippen molar-refractivity contribution in [1.29, 1.82) is 0 Å². The summed E-state index contributed by atoms with van der Waals surface area (Å²) in [6.07, 6.45) is 0.637. The van der Waals surface area contributed by atoms with Crippen LogP contribution in [0.15, 0.2) is 58.7 Å². The molecule has 2 aromatic rings. The van der Waals surface area contributed by atoms with E-state index in [-0.39, 0.29) is 36.7 Å². The number of amides is 1. The molecule has 2 atom stereocenters. The lowest BCUT2D eigenvalue weighted by atomic mass is 9.65. The molecule has 0 aromatic heterocycles. The maximum Gasteiger partial charge on any atom is 0.357 e. The number of benzene rings is 2. The van der Waals surface area contributed by atoms with E-state index in [4.69, 9.17) is 23.9 Å². The molecule has 3 heterocycles. The van der Waals surface area contributed by atoms with Gasteiger partial charge in [0.05, 0.1) is 51.5 Å². The summed E-state index contributed by atoms with van der Waals surface area (Å²) in [4.78, 5) is 47.8. The van der Waals surface area contributed by atoms with Gasteiger partial charge in [-0.25, -0.2) is 14.6 Å². The van der Waals surface area contributed by atoms with Crippen LogP contribution in [0.25, 0.3) is 11.1 Å². The number of likely N-dealkylation sites (tertiary alicyclic amines) is 1. The largest absolute Gasteiger partial charge is 0.497 e. The highest BCUT2D eigenvalue weighted by molar-refractivity contribution is 6.16. The SMILES string of the molecule is COCCN1C(=O)CC[C@@]23C1=NC(C(=O)OC)=C(C(=O)OC)C2N(C)c1ccc(-c2ccc(OC)cc2)cc13. The Morgan fingerprint density at radius 3 is 2.33 bits per heavy atom. The number of methoxy groups -OCH3 is 4. The van der Waals surface area contributed by atoms with E-state index in [1.54, 1.807) is 19.1 Å². The number of aliphatic imine (C=N–C) groups is 1. The molecular formula is C29H31N3O7. The predicted octanol–water partition coefficient (Wildman–Crippen LogP) is 2.70. The average Bonchev–Trinajstić information content (AvgIpc) is 3.22. The fraction of sp³-hybridized carbons (Fsp3) is 0.379. The van der Waals surface area contributed by atoms with Crippen molar-refractivity contribution in [2.75, 3.05) is 53.5 Å². The Hall–Kier alpha value is -4.18. The molecule has 0 radical (unpaired) electrons. The van der Waals surface area contributed by atoms with Crippen molar-refractivity contribution in [3.8, 4) is 16.9 Å². The van der Waals surface area contributed by atoms with Crippen LogP contribution in [0.1, 0.15) is 18.4 Å². The molecule has 1 unspecified atom stereocenters. The van der Waals surface area contributed by atoms with Gasteiger partial charge in [-0.05, 0) is 47.4 Å².